The van der Waals surface area contributed by atoms with Gasteiger partial charge in [-0.25, -0.2) is 0 Å². The van der Waals surface area contributed by atoms with Gasteiger partial charge in [0, 0.05) is 59.2 Å². The third-order valence-electron chi connectivity index (χ3n) is 8.69. The summed E-state index contributed by atoms with van der Waals surface area (Å²) in [4.78, 5) is 54.6. The first-order valence-corrected chi connectivity index (χ1v) is 15.7. The largest absolute Gasteiger partial charge is 0.315 e. The molecule has 0 saturated heterocycles. The number of rotatable bonds is 15. The Hall–Kier alpha value is -3.44. The number of carbonyl (C=O) groups is 4. The lowest BCUT2D eigenvalue weighted by molar-refractivity contribution is 0.0596. The third-order valence-corrected chi connectivity index (χ3v) is 8.69. The number of hydrogen-bond acceptors (Lipinski definition) is 6. The van der Waals surface area contributed by atoms with Gasteiger partial charge in [-0.2, -0.15) is 0 Å². The average molecular weight is 753 g/mol. The van der Waals surface area contributed by atoms with Crippen LogP contribution in [0.4, 0.5) is 0 Å². The van der Waals surface area contributed by atoms with E-state index in [4.69, 9.17) is 0 Å². The van der Waals surface area contributed by atoms with E-state index in [0.29, 0.717) is 48.4 Å². The Morgan fingerprint density at radius 1 is 0.413 bits per heavy atom. The van der Waals surface area contributed by atoms with Gasteiger partial charge in [-0.1, -0.05) is 74.2 Å². The van der Waals surface area contributed by atoms with Crippen molar-refractivity contribution < 1.29 is 19.2 Å². The fourth-order valence-electron chi connectivity index (χ4n) is 6.41. The molecule has 2 aliphatic rings. The molecule has 46 heavy (non-hydrogen) atoms. The van der Waals surface area contributed by atoms with Crippen molar-refractivity contribution in [3.63, 3.8) is 0 Å². The second-order valence-electron chi connectivity index (χ2n) is 11.6. The maximum atomic E-state index is 13.0. The molecule has 0 spiro atoms. The predicted molar refractivity (Wildman–Crippen MR) is 193 cm³/mol. The summed E-state index contributed by atoms with van der Waals surface area (Å²) in [6.07, 6.45) is 6.68. The van der Waals surface area contributed by atoms with Crippen LogP contribution in [-0.4, -0.2) is 72.7 Å². The van der Waals surface area contributed by atoms with Gasteiger partial charge in [-0.3, -0.25) is 29.0 Å². The van der Waals surface area contributed by atoms with Gasteiger partial charge in [0.2, 0.25) is 0 Å². The van der Waals surface area contributed by atoms with Crippen LogP contribution in [0.2, 0.25) is 0 Å². The fraction of sp³-hybridized carbons (Fsp3) is 0.333. The summed E-state index contributed by atoms with van der Waals surface area (Å²) in [5.41, 5.74) is 2.40. The van der Waals surface area contributed by atoms with Crippen molar-refractivity contribution in [2.45, 2.75) is 38.5 Å². The van der Waals surface area contributed by atoms with E-state index < -0.39 is 0 Å². The Bertz CT molecular complexity index is 1520. The lowest BCUT2D eigenvalue weighted by Crippen LogP contribution is -2.43. The molecule has 4 aromatic rings. The molecule has 0 aliphatic carbocycles. The van der Waals surface area contributed by atoms with E-state index in [2.05, 4.69) is 10.6 Å². The molecule has 2 N–H and O–H groups in total. The molecule has 0 saturated carbocycles. The van der Waals surface area contributed by atoms with Gasteiger partial charge in [0.05, 0.1) is 0 Å². The molecule has 0 unspecified atom stereocenters. The number of unbranched alkanes of at least 4 members (excludes halogenated alkanes) is 5. The first kappa shape index (κ1) is 35.4. The Labute approximate surface area is 290 Å². The lowest BCUT2D eigenvalue weighted by atomic mass is 9.94. The molecule has 6 rings (SSSR count). The number of nitrogens with one attached hydrogen (secondary N) is 2. The van der Waals surface area contributed by atoms with Gasteiger partial charge in [0.15, 0.2) is 0 Å². The zero-order valence-corrected chi connectivity index (χ0v) is 29.2. The fourth-order valence-corrected chi connectivity index (χ4v) is 6.41. The smallest absolute Gasteiger partial charge is 0.261 e. The molecule has 0 bridgehead atoms. The molecular weight excluding hydrogens is 712 g/mol. The van der Waals surface area contributed by atoms with E-state index in [9.17, 15) is 19.2 Å². The van der Waals surface area contributed by atoms with Gasteiger partial charge in [0.25, 0.3) is 23.6 Å². The van der Waals surface area contributed by atoms with E-state index in [-0.39, 0.29) is 57.6 Å². The monoisotopic (exact) mass is 750 g/mol. The minimum absolute atomic E-state index is 0. The normalized spacial score (nSPS) is 13.7. The van der Waals surface area contributed by atoms with Crippen LogP contribution in [0.5, 0.6) is 0 Å². The van der Waals surface area contributed by atoms with Crippen molar-refractivity contribution in [1.82, 2.24) is 20.4 Å². The third kappa shape index (κ3) is 7.25. The van der Waals surface area contributed by atoms with Gasteiger partial charge < -0.3 is 10.6 Å². The summed E-state index contributed by atoms with van der Waals surface area (Å²) in [5.74, 6) is -0.860. The van der Waals surface area contributed by atoms with Gasteiger partial charge >= 0.3 is 0 Å². The Balaban J connectivity index is 0.00000240. The highest BCUT2D eigenvalue weighted by atomic mass is 79.9. The predicted octanol–water partition coefficient (Wildman–Crippen LogP) is 6.56. The van der Waals surface area contributed by atoms with Crippen molar-refractivity contribution in [2.24, 2.45) is 0 Å². The molecule has 4 amide bonds. The first-order chi connectivity index (χ1) is 21.6. The molecule has 2 aliphatic heterocycles. The molecule has 0 aromatic heterocycles. The highest BCUT2D eigenvalue weighted by molar-refractivity contribution is 8.93. The van der Waals surface area contributed by atoms with Gasteiger partial charge in [-0.05, 0) is 61.0 Å². The van der Waals surface area contributed by atoms with Crippen LogP contribution in [0.3, 0.4) is 0 Å². The van der Waals surface area contributed by atoms with Crippen LogP contribution in [0.1, 0.15) is 80.0 Å². The first-order valence-electron chi connectivity index (χ1n) is 15.7. The average Bonchev–Trinajstić information content (AvgIpc) is 3.05. The summed E-state index contributed by atoms with van der Waals surface area (Å²) < 4.78 is 0. The summed E-state index contributed by atoms with van der Waals surface area (Å²) in [7, 11) is 0. The molecule has 10 heteroatoms. The van der Waals surface area contributed by atoms with Crippen molar-refractivity contribution >= 4 is 79.1 Å². The number of carbonyl (C=O) groups excluding carboxylic acids is 4. The van der Waals surface area contributed by atoms with Crippen molar-refractivity contribution in [3.8, 4) is 0 Å². The zero-order valence-electron chi connectivity index (χ0n) is 25.8. The maximum Gasteiger partial charge on any atom is 0.261 e. The zero-order chi connectivity index (χ0) is 30.5. The van der Waals surface area contributed by atoms with E-state index in [1.54, 1.807) is 24.3 Å². The number of halogens is 2. The van der Waals surface area contributed by atoms with Crippen LogP contribution < -0.4 is 10.6 Å². The van der Waals surface area contributed by atoms with Gasteiger partial charge in [0.1, 0.15) is 0 Å². The molecule has 0 fully saturated rings. The molecule has 0 radical (unpaired) electrons. The van der Waals surface area contributed by atoms with Crippen LogP contribution in [-0.2, 0) is 0 Å². The van der Waals surface area contributed by atoms with Crippen molar-refractivity contribution in [2.75, 3.05) is 39.3 Å². The SMILES string of the molecule is Br.Br.O=C1c2cccc3cccc(c23)C(=O)N1CCNCCCCCCCCNCCN1C(=O)c2cccc3cccc(c23)C1=O. The summed E-state index contributed by atoms with van der Waals surface area (Å²) in [5, 5.41) is 10.1. The van der Waals surface area contributed by atoms with E-state index in [1.165, 1.54) is 9.80 Å². The number of hydrogen-bond donors (Lipinski definition) is 2. The summed E-state index contributed by atoms with van der Waals surface area (Å²) in [6.45, 7) is 3.60. The maximum absolute atomic E-state index is 13.0. The molecule has 8 nitrogen and oxygen atoms in total. The van der Waals surface area contributed by atoms with E-state index in [0.717, 1.165) is 73.2 Å². The standard InChI is InChI=1S/C36H38N4O4.2BrH/c41-33-27-15-7-11-25-12-8-16-28(31(25)27)34(42)39(33)23-21-37-19-5-3-1-2-4-6-20-38-22-24-40-35(43)29-17-9-13-26-14-10-18-30(32(26)29)36(40)44;;/h7-18,37-38H,1-6,19-24H2;2*1H. The Morgan fingerprint density at radius 3 is 1.04 bits per heavy atom. The van der Waals surface area contributed by atoms with Crippen molar-refractivity contribution in [1.29, 1.82) is 0 Å². The Kier molecular flexibility index (Phi) is 12.6. The van der Waals surface area contributed by atoms with Crippen LogP contribution in [0.15, 0.2) is 72.8 Å². The molecular formula is C36H40Br2N4O4. The van der Waals surface area contributed by atoms with E-state index in [1.807, 2.05) is 48.5 Å². The number of amides is 4. The molecule has 0 atom stereocenters. The minimum atomic E-state index is -0.215. The minimum Gasteiger partial charge on any atom is -0.315 e. The molecule has 2 heterocycles. The summed E-state index contributed by atoms with van der Waals surface area (Å²) in [6, 6.07) is 22.4. The molecule has 4 aromatic carbocycles. The van der Waals surface area contributed by atoms with Crippen LogP contribution >= 0.6 is 34.0 Å². The highest BCUT2D eigenvalue weighted by Gasteiger charge is 2.33. The van der Waals surface area contributed by atoms with Crippen LogP contribution in [0, 0.1) is 0 Å². The number of benzene rings is 4. The number of nitrogens with zero attached hydrogens (tertiary/aromatic N) is 2. The Morgan fingerprint density at radius 2 is 0.717 bits per heavy atom. The lowest BCUT2D eigenvalue weighted by Gasteiger charge is -2.27. The highest BCUT2D eigenvalue weighted by Crippen LogP contribution is 2.31. The topological polar surface area (TPSA) is 98.8 Å². The quantitative estimate of drug-likeness (QED) is 0.106. The molecule has 242 valence electrons. The second-order valence-corrected chi connectivity index (χ2v) is 11.6. The van der Waals surface area contributed by atoms with Gasteiger partial charge in [-0.15, -0.1) is 34.0 Å². The van der Waals surface area contributed by atoms with Crippen LogP contribution in [0.25, 0.3) is 21.5 Å². The second kappa shape index (κ2) is 16.4. The number of imide groups is 2. The summed E-state index contributed by atoms with van der Waals surface area (Å²) >= 11 is 0. The van der Waals surface area contributed by atoms with E-state index >= 15 is 0 Å². The van der Waals surface area contributed by atoms with Crippen molar-refractivity contribution in [3.05, 3.63) is 95.1 Å².